The summed E-state index contributed by atoms with van der Waals surface area (Å²) in [4.78, 5) is 21.8. The highest BCUT2D eigenvalue weighted by atomic mass is 79.9. The van der Waals surface area contributed by atoms with Gasteiger partial charge in [0, 0.05) is 16.6 Å². The number of esters is 1. The van der Waals surface area contributed by atoms with Gasteiger partial charge in [0.15, 0.2) is 0 Å². The Morgan fingerprint density at radius 2 is 1.72 bits per heavy atom. The van der Waals surface area contributed by atoms with Crippen molar-refractivity contribution < 1.29 is 22.9 Å². The Balaban J connectivity index is 2.34. The first-order valence-electron chi connectivity index (χ1n) is 6.84. The second-order valence-corrected chi connectivity index (χ2v) is 7.51. The van der Waals surface area contributed by atoms with Crippen LogP contribution in [0, 0.1) is 10.1 Å². The number of hydrogen-bond donors (Lipinski definition) is 1. The normalized spacial score (nSPS) is 12.4. The molecule has 0 saturated heterocycles. The highest BCUT2D eigenvalue weighted by Gasteiger charge is 2.28. The van der Waals surface area contributed by atoms with Gasteiger partial charge in [-0.2, -0.15) is 4.72 Å². The van der Waals surface area contributed by atoms with Crippen LogP contribution in [0.5, 0.6) is 0 Å². The summed E-state index contributed by atoms with van der Waals surface area (Å²) in [5.74, 6) is -0.784. The molecule has 1 N–H and O–H groups in total. The fourth-order valence-electron chi connectivity index (χ4n) is 2.00. The van der Waals surface area contributed by atoms with Crippen LogP contribution in [0.25, 0.3) is 0 Å². The van der Waals surface area contributed by atoms with E-state index in [-0.39, 0.29) is 10.6 Å². The van der Waals surface area contributed by atoms with Crippen molar-refractivity contribution in [1.29, 1.82) is 0 Å². The van der Waals surface area contributed by atoms with E-state index in [4.69, 9.17) is 0 Å². The molecule has 2 aromatic rings. The minimum absolute atomic E-state index is 0.205. The predicted octanol–water partition coefficient (Wildman–Crippen LogP) is 2.55. The van der Waals surface area contributed by atoms with Gasteiger partial charge in [0.05, 0.1) is 16.9 Å². The van der Waals surface area contributed by atoms with Gasteiger partial charge in [0.25, 0.3) is 5.69 Å². The molecule has 2 aromatic carbocycles. The molecule has 0 fully saturated rings. The first-order valence-corrected chi connectivity index (χ1v) is 9.12. The maximum absolute atomic E-state index is 12.5. The maximum atomic E-state index is 12.5. The minimum atomic E-state index is -4.10. The first-order chi connectivity index (χ1) is 11.7. The first kappa shape index (κ1) is 19.0. The van der Waals surface area contributed by atoms with Crippen molar-refractivity contribution in [3.05, 3.63) is 68.7 Å². The second-order valence-electron chi connectivity index (χ2n) is 4.88. The number of halogens is 1. The lowest BCUT2D eigenvalue weighted by Gasteiger charge is -2.17. The van der Waals surface area contributed by atoms with Crippen LogP contribution in [0.1, 0.15) is 11.6 Å². The number of nitrogens with zero attached hydrogens (tertiary/aromatic N) is 1. The van der Waals surface area contributed by atoms with Crippen molar-refractivity contribution in [1.82, 2.24) is 4.72 Å². The van der Waals surface area contributed by atoms with Gasteiger partial charge in [0.1, 0.15) is 6.04 Å². The van der Waals surface area contributed by atoms with E-state index in [1.165, 1.54) is 0 Å². The molecule has 0 unspecified atom stereocenters. The van der Waals surface area contributed by atoms with E-state index in [1.54, 1.807) is 24.3 Å². The van der Waals surface area contributed by atoms with Crippen LogP contribution >= 0.6 is 15.9 Å². The summed E-state index contributed by atoms with van der Waals surface area (Å²) in [6.07, 6.45) is 0. The Bertz CT molecular complexity index is 881. The van der Waals surface area contributed by atoms with E-state index >= 15 is 0 Å². The van der Waals surface area contributed by atoms with Crippen molar-refractivity contribution in [2.24, 2.45) is 0 Å². The van der Waals surface area contributed by atoms with Crippen LogP contribution in [-0.2, 0) is 19.6 Å². The molecular weight excluding hydrogens is 416 g/mol. The Labute approximate surface area is 152 Å². The molecule has 0 heterocycles. The molecule has 8 nitrogen and oxygen atoms in total. The highest BCUT2D eigenvalue weighted by Crippen LogP contribution is 2.22. The summed E-state index contributed by atoms with van der Waals surface area (Å²) < 4.78 is 32.7. The fourth-order valence-corrected chi connectivity index (χ4v) is 3.43. The number of rotatable bonds is 6. The number of ether oxygens (including phenoxy) is 1. The third kappa shape index (κ3) is 4.62. The lowest BCUT2D eigenvalue weighted by atomic mass is 10.1. The van der Waals surface area contributed by atoms with Crippen molar-refractivity contribution in [3.63, 3.8) is 0 Å². The Kier molecular flexibility index (Phi) is 5.88. The molecule has 0 aliphatic rings. The molecule has 0 radical (unpaired) electrons. The minimum Gasteiger partial charge on any atom is -0.468 e. The van der Waals surface area contributed by atoms with Crippen molar-refractivity contribution in [3.8, 4) is 0 Å². The zero-order chi connectivity index (χ0) is 18.6. The average Bonchev–Trinajstić information content (AvgIpc) is 2.60. The number of nitro groups is 1. The quantitative estimate of drug-likeness (QED) is 0.429. The number of hydrogen-bond acceptors (Lipinski definition) is 6. The van der Waals surface area contributed by atoms with E-state index in [1.807, 2.05) is 0 Å². The standard InChI is InChI=1S/C15H13BrN2O6S/c1-24-15(19)14(10-2-4-11(16)5-3-10)17-25(22,23)13-8-6-12(7-9-13)18(20)21/h2-9,14,17H,1H3/t14-/m1/s1. The number of sulfonamides is 1. The molecule has 2 rings (SSSR count). The van der Waals surface area contributed by atoms with Gasteiger partial charge >= 0.3 is 5.97 Å². The third-order valence-corrected chi connectivity index (χ3v) is 5.24. The van der Waals surface area contributed by atoms with Crippen molar-refractivity contribution in [2.45, 2.75) is 10.9 Å². The van der Waals surface area contributed by atoms with Gasteiger partial charge in [-0.05, 0) is 29.8 Å². The summed E-state index contributed by atoms with van der Waals surface area (Å²) in [5, 5.41) is 10.7. The molecule has 1 atom stereocenters. The van der Waals surface area contributed by atoms with E-state index in [0.29, 0.717) is 5.56 Å². The number of nitro benzene ring substituents is 1. The lowest BCUT2D eigenvalue weighted by molar-refractivity contribution is -0.384. The summed E-state index contributed by atoms with van der Waals surface area (Å²) >= 11 is 3.26. The topological polar surface area (TPSA) is 116 Å². The molecular formula is C15H13BrN2O6S. The van der Waals surface area contributed by atoms with Gasteiger partial charge < -0.3 is 4.74 Å². The zero-order valence-corrected chi connectivity index (χ0v) is 15.3. The van der Waals surface area contributed by atoms with E-state index < -0.39 is 27.0 Å². The number of nitrogens with one attached hydrogen (secondary N) is 1. The molecule has 0 amide bonds. The highest BCUT2D eigenvalue weighted by molar-refractivity contribution is 9.10. The van der Waals surface area contributed by atoms with Gasteiger partial charge in [-0.1, -0.05) is 28.1 Å². The van der Waals surface area contributed by atoms with E-state index in [0.717, 1.165) is 35.8 Å². The fraction of sp³-hybridized carbons (Fsp3) is 0.133. The largest absolute Gasteiger partial charge is 0.468 e. The number of carbonyl (C=O) groups excluding carboxylic acids is 1. The Morgan fingerprint density at radius 3 is 2.20 bits per heavy atom. The van der Waals surface area contributed by atoms with Crippen molar-refractivity contribution in [2.75, 3.05) is 7.11 Å². The van der Waals surface area contributed by atoms with Crippen LogP contribution in [0.15, 0.2) is 57.9 Å². The van der Waals surface area contributed by atoms with Gasteiger partial charge in [-0.15, -0.1) is 0 Å². The average molecular weight is 429 g/mol. The van der Waals surface area contributed by atoms with Crippen LogP contribution in [0.4, 0.5) is 5.69 Å². The summed E-state index contributed by atoms with van der Waals surface area (Å²) in [5.41, 5.74) is 0.150. The second kappa shape index (κ2) is 7.72. The monoisotopic (exact) mass is 428 g/mol. The smallest absolute Gasteiger partial charge is 0.328 e. The van der Waals surface area contributed by atoms with Gasteiger partial charge in [0.2, 0.25) is 10.0 Å². The summed E-state index contributed by atoms with van der Waals surface area (Å²) in [6, 6.07) is 9.54. The van der Waals surface area contributed by atoms with Gasteiger partial charge in [-0.3, -0.25) is 10.1 Å². The molecule has 132 valence electrons. The molecule has 0 aliphatic heterocycles. The van der Waals surface area contributed by atoms with Crippen LogP contribution in [0.3, 0.4) is 0 Å². The van der Waals surface area contributed by atoms with Gasteiger partial charge in [-0.25, -0.2) is 13.2 Å². The number of benzene rings is 2. The molecule has 0 bridgehead atoms. The van der Waals surface area contributed by atoms with Crippen molar-refractivity contribution >= 4 is 37.6 Å². The molecule has 10 heteroatoms. The molecule has 0 aliphatic carbocycles. The molecule has 25 heavy (non-hydrogen) atoms. The summed E-state index contributed by atoms with van der Waals surface area (Å²) in [7, 11) is -2.95. The summed E-state index contributed by atoms with van der Waals surface area (Å²) in [6.45, 7) is 0. The predicted molar refractivity (Wildman–Crippen MR) is 92.3 cm³/mol. The lowest BCUT2D eigenvalue weighted by Crippen LogP contribution is -2.34. The number of carbonyl (C=O) groups is 1. The number of methoxy groups -OCH3 is 1. The Hall–Kier alpha value is -2.30. The zero-order valence-electron chi connectivity index (χ0n) is 12.9. The maximum Gasteiger partial charge on any atom is 0.328 e. The van der Waals surface area contributed by atoms with Crippen LogP contribution in [-0.4, -0.2) is 26.4 Å². The molecule has 0 saturated carbocycles. The molecule has 0 aromatic heterocycles. The van der Waals surface area contributed by atoms with E-state index in [2.05, 4.69) is 25.4 Å². The Morgan fingerprint density at radius 1 is 1.16 bits per heavy atom. The number of non-ortho nitro benzene ring substituents is 1. The SMILES string of the molecule is COC(=O)[C@H](NS(=O)(=O)c1ccc([N+](=O)[O-])cc1)c1ccc(Br)cc1. The molecule has 0 spiro atoms. The van der Waals surface area contributed by atoms with E-state index in [9.17, 15) is 23.3 Å². The van der Waals surface area contributed by atoms with Crippen LogP contribution in [0.2, 0.25) is 0 Å². The third-order valence-electron chi connectivity index (χ3n) is 3.27. The van der Waals surface area contributed by atoms with Crippen LogP contribution < -0.4 is 4.72 Å².